The highest BCUT2D eigenvalue weighted by Crippen LogP contribution is 2.23. The number of ether oxygens (including phenoxy) is 1. The quantitative estimate of drug-likeness (QED) is 0.678. The average molecular weight is 360 g/mol. The predicted molar refractivity (Wildman–Crippen MR) is 93.3 cm³/mol. The number of aromatic nitrogens is 4. The maximum Gasteiger partial charge on any atom is 0.274 e. The van der Waals surface area contributed by atoms with Crippen molar-refractivity contribution in [1.82, 2.24) is 24.5 Å². The summed E-state index contributed by atoms with van der Waals surface area (Å²) in [6, 6.07) is 10.7. The number of benzene rings is 1. The molecule has 0 aliphatic carbocycles. The molecule has 7 nitrogen and oxygen atoms in total. The van der Waals surface area contributed by atoms with Crippen LogP contribution < -0.4 is 4.74 Å². The van der Waals surface area contributed by atoms with Crippen LogP contribution in [0.2, 0.25) is 5.02 Å². The van der Waals surface area contributed by atoms with E-state index in [0.717, 1.165) is 5.69 Å². The Kier molecular flexibility index (Phi) is 5.04. The number of hydrogen-bond acceptors (Lipinski definition) is 4. The van der Waals surface area contributed by atoms with Crippen LogP contribution >= 0.6 is 11.6 Å². The first-order chi connectivity index (χ1) is 12.0. The van der Waals surface area contributed by atoms with Gasteiger partial charge in [-0.15, -0.1) is 0 Å². The first-order valence-corrected chi connectivity index (χ1v) is 8.05. The van der Waals surface area contributed by atoms with E-state index in [1.165, 1.54) is 0 Å². The third kappa shape index (κ3) is 4.19. The number of rotatable bonds is 6. The number of amides is 1. The molecule has 130 valence electrons. The molecule has 0 fully saturated rings. The lowest BCUT2D eigenvalue weighted by Gasteiger charge is -2.14. The van der Waals surface area contributed by atoms with Gasteiger partial charge in [0.2, 0.25) is 0 Å². The number of halogens is 1. The fourth-order valence-electron chi connectivity index (χ4n) is 2.30. The van der Waals surface area contributed by atoms with E-state index in [0.29, 0.717) is 23.0 Å². The first-order valence-electron chi connectivity index (χ1n) is 7.67. The van der Waals surface area contributed by atoms with Gasteiger partial charge in [-0.25, -0.2) is 4.68 Å². The van der Waals surface area contributed by atoms with Crippen LogP contribution in [-0.4, -0.2) is 37.4 Å². The number of para-hydroxylation sites is 1. The minimum absolute atomic E-state index is 0.168. The highest BCUT2D eigenvalue weighted by Gasteiger charge is 2.16. The highest BCUT2D eigenvalue weighted by atomic mass is 35.5. The molecule has 0 saturated carbocycles. The summed E-state index contributed by atoms with van der Waals surface area (Å²) in [5.74, 6) is 0.391. The van der Waals surface area contributed by atoms with E-state index >= 15 is 0 Å². The van der Waals surface area contributed by atoms with Gasteiger partial charge in [0.15, 0.2) is 12.4 Å². The van der Waals surface area contributed by atoms with Gasteiger partial charge < -0.3 is 9.64 Å². The van der Waals surface area contributed by atoms with E-state index < -0.39 is 0 Å². The van der Waals surface area contributed by atoms with Gasteiger partial charge in [-0.3, -0.25) is 9.48 Å². The zero-order valence-electron chi connectivity index (χ0n) is 14.0. The molecule has 2 aromatic heterocycles. The second-order valence-corrected chi connectivity index (χ2v) is 5.99. The molecule has 1 aromatic carbocycles. The Bertz CT molecular complexity index is 873. The standard InChI is InChI=1S/C17H18ClN5O2/c1-21(11-13-7-9-22(2)19-13)17(24)15-8-10-23(20-15)12-25-16-6-4-3-5-14(16)18/h3-10H,11-12H2,1-2H3. The van der Waals surface area contributed by atoms with Crippen LogP contribution in [0.3, 0.4) is 0 Å². The van der Waals surface area contributed by atoms with E-state index in [9.17, 15) is 4.79 Å². The van der Waals surface area contributed by atoms with Crippen molar-refractivity contribution in [2.75, 3.05) is 7.05 Å². The number of hydrogen-bond donors (Lipinski definition) is 0. The fraction of sp³-hybridized carbons (Fsp3) is 0.235. The van der Waals surface area contributed by atoms with Gasteiger partial charge in [-0.2, -0.15) is 10.2 Å². The molecular formula is C17H18ClN5O2. The Morgan fingerprint density at radius 3 is 2.72 bits per heavy atom. The minimum Gasteiger partial charge on any atom is -0.470 e. The van der Waals surface area contributed by atoms with E-state index in [-0.39, 0.29) is 12.6 Å². The van der Waals surface area contributed by atoms with Crippen molar-refractivity contribution in [3.8, 4) is 5.75 Å². The molecule has 25 heavy (non-hydrogen) atoms. The molecule has 0 aliphatic rings. The van der Waals surface area contributed by atoms with Crippen LogP contribution in [0.4, 0.5) is 0 Å². The van der Waals surface area contributed by atoms with E-state index in [1.54, 1.807) is 45.7 Å². The van der Waals surface area contributed by atoms with Crippen LogP contribution in [0.1, 0.15) is 16.2 Å². The summed E-state index contributed by atoms with van der Waals surface area (Å²) in [6.07, 6.45) is 3.53. The van der Waals surface area contributed by atoms with Gasteiger partial charge in [0, 0.05) is 26.5 Å². The normalized spacial score (nSPS) is 10.7. The third-order valence-electron chi connectivity index (χ3n) is 3.56. The monoisotopic (exact) mass is 359 g/mol. The maximum absolute atomic E-state index is 12.5. The second-order valence-electron chi connectivity index (χ2n) is 5.59. The fourth-order valence-corrected chi connectivity index (χ4v) is 2.49. The van der Waals surface area contributed by atoms with E-state index in [4.69, 9.17) is 16.3 Å². The largest absolute Gasteiger partial charge is 0.470 e. The van der Waals surface area contributed by atoms with Crippen LogP contribution in [-0.2, 0) is 20.3 Å². The summed E-state index contributed by atoms with van der Waals surface area (Å²) >= 11 is 6.04. The van der Waals surface area contributed by atoms with Crippen LogP contribution in [0.5, 0.6) is 5.75 Å². The lowest BCUT2D eigenvalue weighted by molar-refractivity contribution is 0.0775. The third-order valence-corrected chi connectivity index (χ3v) is 3.88. The zero-order valence-corrected chi connectivity index (χ0v) is 14.7. The van der Waals surface area contributed by atoms with Gasteiger partial charge in [0.1, 0.15) is 5.75 Å². The van der Waals surface area contributed by atoms with Crippen molar-refractivity contribution < 1.29 is 9.53 Å². The summed E-state index contributed by atoms with van der Waals surface area (Å²) < 4.78 is 8.86. The molecule has 3 rings (SSSR count). The summed E-state index contributed by atoms with van der Waals surface area (Å²) in [4.78, 5) is 14.0. The van der Waals surface area contributed by atoms with Crippen LogP contribution in [0.25, 0.3) is 0 Å². The summed E-state index contributed by atoms with van der Waals surface area (Å²) in [5, 5.41) is 9.05. The van der Waals surface area contributed by atoms with Gasteiger partial charge in [-0.1, -0.05) is 23.7 Å². The molecule has 0 saturated heterocycles. The molecule has 0 aliphatic heterocycles. The molecule has 0 spiro atoms. The lowest BCUT2D eigenvalue weighted by Crippen LogP contribution is -2.27. The van der Waals surface area contributed by atoms with E-state index in [1.807, 2.05) is 31.4 Å². The van der Waals surface area contributed by atoms with Crippen LogP contribution in [0, 0.1) is 0 Å². The first kappa shape index (κ1) is 17.0. The summed E-state index contributed by atoms with van der Waals surface area (Å²) in [7, 11) is 3.56. The number of aryl methyl sites for hydroxylation is 1. The maximum atomic E-state index is 12.5. The van der Waals surface area contributed by atoms with Gasteiger partial charge >= 0.3 is 0 Å². The van der Waals surface area contributed by atoms with E-state index in [2.05, 4.69) is 10.2 Å². The molecular weight excluding hydrogens is 342 g/mol. The molecule has 2 heterocycles. The van der Waals surface area contributed by atoms with Crippen molar-refractivity contribution in [1.29, 1.82) is 0 Å². The Balaban J connectivity index is 1.60. The molecule has 0 unspecified atom stereocenters. The van der Waals surface area contributed by atoms with Crippen molar-refractivity contribution in [2.24, 2.45) is 7.05 Å². The number of carbonyl (C=O) groups is 1. The topological polar surface area (TPSA) is 65.2 Å². The van der Waals surface area contributed by atoms with Gasteiger partial charge in [0.05, 0.1) is 17.3 Å². The second kappa shape index (κ2) is 7.40. The van der Waals surface area contributed by atoms with Crippen molar-refractivity contribution in [3.05, 3.63) is 65.2 Å². The summed E-state index contributed by atoms with van der Waals surface area (Å²) in [6.45, 7) is 0.587. The lowest BCUT2D eigenvalue weighted by atomic mass is 10.3. The van der Waals surface area contributed by atoms with Gasteiger partial charge in [-0.05, 0) is 24.3 Å². The van der Waals surface area contributed by atoms with Gasteiger partial charge in [0.25, 0.3) is 5.91 Å². The highest BCUT2D eigenvalue weighted by molar-refractivity contribution is 6.32. The number of carbonyl (C=O) groups excluding carboxylic acids is 1. The molecule has 0 bridgehead atoms. The smallest absolute Gasteiger partial charge is 0.274 e. The Labute approximate surface area is 150 Å². The SMILES string of the molecule is CN(Cc1ccn(C)n1)C(=O)c1ccn(COc2ccccc2Cl)n1. The summed E-state index contributed by atoms with van der Waals surface area (Å²) in [5.41, 5.74) is 1.17. The molecule has 0 atom stereocenters. The van der Waals surface area contributed by atoms with Crippen molar-refractivity contribution in [2.45, 2.75) is 13.3 Å². The number of nitrogens with zero attached hydrogens (tertiary/aromatic N) is 5. The molecule has 8 heteroatoms. The Hall–Kier alpha value is -2.80. The van der Waals surface area contributed by atoms with Crippen molar-refractivity contribution >= 4 is 17.5 Å². The zero-order chi connectivity index (χ0) is 17.8. The molecule has 0 radical (unpaired) electrons. The molecule has 1 amide bonds. The minimum atomic E-state index is -0.179. The Morgan fingerprint density at radius 2 is 2.00 bits per heavy atom. The Morgan fingerprint density at radius 1 is 1.20 bits per heavy atom. The molecule has 3 aromatic rings. The van der Waals surface area contributed by atoms with Crippen molar-refractivity contribution in [3.63, 3.8) is 0 Å². The predicted octanol–water partition coefficient (Wildman–Crippen LogP) is 2.58. The molecule has 0 N–H and O–H groups in total. The van der Waals surface area contributed by atoms with Crippen LogP contribution in [0.15, 0.2) is 48.8 Å². The average Bonchev–Trinajstić information content (AvgIpc) is 3.22.